The van der Waals surface area contributed by atoms with Gasteiger partial charge in [0.15, 0.2) is 0 Å². The Morgan fingerprint density at radius 2 is 1.00 bits per heavy atom. The van der Waals surface area contributed by atoms with Crippen molar-refractivity contribution in [2.24, 2.45) is 0 Å². The summed E-state index contributed by atoms with van der Waals surface area (Å²) in [6, 6.07) is 0. The van der Waals surface area contributed by atoms with Gasteiger partial charge in [0.1, 0.15) is 0 Å². The number of rotatable bonds is 0. The molecule has 0 atom stereocenters. The first-order valence-corrected chi connectivity index (χ1v) is 4.78. The van der Waals surface area contributed by atoms with Crippen LogP contribution in [0, 0.1) is 0 Å². The van der Waals surface area contributed by atoms with Crippen molar-refractivity contribution in [3.63, 3.8) is 0 Å². The molecule has 0 saturated carbocycles. The van der Waals surface area contributed by atoms with Crippen molar-refractivity contribution in [2.75, 3.05) is 0 Å². The molecule has 11 heavy (non-hydrogen) atoms. The second kappa shape index (κ2) is 6.44. The van der Waals surface area contributed by atoms with Crippen molar-refractivity contribution in [1.29, 1.82) is 0 Å². The van der Waals surface area contributed by atoms with Gasteiger partial charge in [-0.1, -0.05) is 0 Å². The zero-order chi connectivity index (χ0) is 9.00. The molecule has 0 aromatic carbocycles. The summed E-state index contributed by atoms with van der Waals surface area (Å²) in [6.45, 7) is 0. The minimum Gasteiger partial charge on any atom is -1.00 e. The Hall–Kier alpha value is 0.927. The zero-order valence-corrected chi connectivity index (χ0v) is 9.22. The summed E-state index contributed by atoms with van der Waals surface area (Å²) in [5.41, 5.74) is 0. The fraction of sp³-hybridized carbons (Fsp3) is 0. The molecule has 0 amide bonds. The Kier molecular flexibility index (Phi) is 10.5. The van der Waals surface area contributed by atoms with Crippen molar-refractivity contribution in [1.82, 2.24) is 0 Å². The predicted molar refractivity (Wildman–Crippen MR) is 29.9 cm³/mol. The Labute approximate surface area is 87.0 Å². The minimum absolute atomic E-state index is 0. The van der Waals surface area contributed by atoms with Crippen molar-refractivity contribution in [2.45, 2.75) is 0 Å². The predicted octanol–water partition coefficient (Wildman–Crippen LogP) is -6.15. The molecule has 11 heteroatoms. The van der Waals surface area contributed by atoms with Crippen molar-refractivity contribution >= 4 is 19.4 Å². The first-order chi connectivity index (χ1) is 4.00. The molecule has 66 valence electrons. The first kappa shape index (κ1) is 17.9. The summed E-state index contributed by atoms with van der Waals surface area (Å²) in [4.78, 5) is 29.3. The van der Waals surface area contributed by atoms with Gasteiger partial charge in [-0.25, -0.2) is 0 Å². The summed E-state index contributed by atoms with van der Waals surface area (Å²) >= 11 is 0. The summed E-state index contributed by atoms with van der Waals surface area (Å²) in [6.07, 6.45) is 0. The summed E-state index contributed by atoms with van der Waals surface area (Å²) < 4.78 is 31.6. The van der Waals surface area contributed by atoms with Gasteiger partial charge in [-0.15, -0.1) is 0 Å². The van der Waals surface area contributed by atoms with E-state index in [4.69, 9.17) is 36.7 Å². The molecule has 0 saturated heterocycles. The van der Waals surface area contributed by atoms with Gasteiger partial charge in [-0.05, 0) is 0 Å². The fourth-order valence-corrected chi connectivity index (χ4v) is 0. The molecule has 0 unspecified atom stereocenters. The Bertz CT molecular complexity index is 154. The van der Waals surface area contributed by atoms with Gasteiger partial charge >= 0.3 is 49.0 Å². The number of hydrogen-bond donors (Lipinski definition) is 6. The monoisotopic (exact) mass is 218 g/mol. The van der Waals surface area contributed by atoms with E-state index in [9.17, 15) is 0 Å². The van der Waals surface area contributed by atoms with Crippen LogP contribution in [0.4, 0.5) is 0 Å². The molecule has 0 rings (SSSR count). The van der Waals surface area contributed by atoms with Crippen LogP contribution in [0.25, 0.3) is 0 Å². The molecule has 0 aliphatic heterocycles. The molecule has 6 N–H and O–H groups in total. The van der Waals surface area contributed by atoms with Gasteiger partial charge in [0.25, 0.3) is 0 Å². The Morgan fingerprint density at radius 3 is 1.00 bits per heavy atom. The van der Waals surface area contributed by atoms with E-state index in [1.807, 2.05) is 0 Å². The van der Waals surface area contributed by atoms with Crippen LogP contribution >= 0.6 is 0 Å². The van der Waals surface area contributed by atoms with Crippen LogP contribution in [-0.4, -0.2) is 45.8 Å². The van der Waals surface area contributed by atoms with E-state index in [0.717, 1.165) is 0 Å². The molecular formula is H7NaO8SSi. The van der Waals surface area contributed by atoms with Crippen LogP contribution in [-0.2, 0) is 10.4 Å². The van der Waals surface area contributed by atoms with Gasteiger partial charge in [0.2, 0.25) is 0 Å². The normalized spacial score (nSPS) is 10.7. The average molecular weight is 218 g/mol. The molecule has 0 heterocycles. The van der Waals surface area contributed by atoms with Crippen LogP contribution in [0.15, 0.2) is 0 Å². The third-order valence-corrected chi connectivity index (χ3v) is 0. The van der Waals surface area contributed by atoms with Crippen LogP contribution in [0.1, 0.15) is 1.43 Å². The van der Waals surface area contributed by atoms with E-state index in [1.165, 1.54) is 0 Å². The first-order valence-electron chi connectivity index (χ1n) is 1.59. The van der Waals surface area contributed by atoms with Gasteiger partial charge in [-0.2, -0.15) is 8.42 Å². The van der Waals surface area contributed by atoms with Crippen molar-refractivity contribution in [3.8, 4) is 0 Å². The maximum Gasteiger partial charge on any atom is 1.00 e. The third-order valence-electron chi connectivity index (χ3n) is 0. The van der Waals surface area contributed by atoms with Crippen LogP contribution in [0.3, 0.4) is 0 Å². The van der Waals surface area contributed by atoms with E-state index in [2.05, 4.69) is 0 Å². The van der Waals surface area contributed by atoms with Gasteiger partial charge < -0.3 is 20.6 Å². The van der Waals surface area contributed by atoms with Gasteiger partial charge in [0, 0.05) is 0 Å². The second-order valence-corrected chi connectivity index (χ2v) is 3.14. The van der Waals surface area contributed by atoms with Crippen molar-refractivity contribution < 1.29 is 67.7 Å². The minimum atomic E-state index is -4.67. The van der Waals surface area contributed by atoms with E-state index >= 15 is 0 Å². The largest absolute Gasteiger partial charge is 1.00 e. The molecule has 8 nitrogen and oxygen atoms in total. The summed E-state index contributed by atoms with van der Waals surface area (Å²) in [7, 11) is -9.28. The SMILES string of the molecule is O=S(=O)(O)O.O[Si](O)(O)O.[H-].[Na+]. The third kappa shape index (κ3) is 1010. The molecule has 0 aromatic heterocycles. The molecule has 0 aliphatic carbocycles. The van der Waals surface area contributed by atoms with E-state index < -0.39 is 19.4 Å². The molecule has 0 bridgehead atoms. The molecule has 0 radical (unpaired) electrons. The molecule has 0 aromatic rings. The maximum absolute atomic E-state index is 8.74. The van der Waals surface area contributed by atoms with Crippen LogP contribution in [0.2, 0.25) is 0 Å². The second-order valence-electron chi connectivity index (χ2n) is 1.05. The van der Waals surface area contributed by atoms with Gasteiger partial charge in [-0.3, -0.25) is 9.11 Å². The van der Waals surface area contributed by atoms with E-state index in [1.54, 1.807) is 0 Å². The zero-order valence-electron chi connectivity index (χ0n) is 6.41. The van der Waals surface area contributed by atoms with E-state index in [-0.39, 0.29) is 31.0 Å². The van der Waals surface area contributed by atoms with Gasteiger partial charge in [0.05, 0.1) is 0 Å². The molecular weight excluding hydrogens is 211 g/mol. The molecule has 0 spiro atoms. The fourth-order valence-electron chi connectivity index (χ4n) is 0. The van der Waals surface area contributed by atoms with Crippen molar-refractivity contribution in [3.05, 3.63) is 0 Å². The number of hydrogen-bond acceptors (Lipinski definition) is 6. The Balaban J connectivity index is -0.0000000457. The molecule has 0 aliphatic rings. The van der Waals surface area contributed by atoms with Crippen LogP contribution in [0.5, 0.6) is 0 Å². The topological polar surface area (TPSA) is 156 Å². The maximum atomic E-state index is 8.74. The Morgan fingerprint density at radius 1 is 1.00 bits per heavy atom. The van der Waals surface area contributed by atoms with E-state index in [0.29, 0.717) is 0 Å². The van der Waals surface area contributed by atoms with Crippen LogP contribution < -0.4 is 29.6 Å². The summed E-state index contributed by atoms with van der Waals surface area (Å²) in [5, 5.41) is 0. The smallest absolute Gasteiger partial charge is 1.00 e. The standard InChI is InChI=1S/Na.H2O4S.H4O4Si.H/c;2*1-5(2,3)4;/h;(H2,1,2,3,4);1-4H;/q+1;;;-1. The quantitative estimate of drug-likeness (QED) is 0.173. The molecule has 0 fully saturated rings. The summed E-state index contributed by atoms with van der Waals surface area (Å²) in [5.74, 6) is 0. The average Bonchev–Trinajstić information content (AvgIpc) is 1.12.